The minimum absolute atomic E-state index is 0.00377. The lowest BCUT2D eigenvalue weighted by Gasteiger charge is -2.33. The normalized spacial score (nSPS) is 27.5. The maximum absolute atomic E-state index is 13.1. The van der Waals surface area contributed by atoms with Gasteiger partial charge in [-0.25, -0.2) is 9.80 Å². The predicted molar refractivity (Wildman–Crippen MR) is 89.3 cm³/mol. The second-order valence-corrected chi connectivity index (χ2v) is 7.00. The van der Waals surface area contributed by atoms with Crippen LogP contribution in [0.2, 0.25) is 0 Å². The summed E-state index contributed by atoms with van der Waals surface area (Å²) in [5, 5.41) is 7.45. The first-order valence-electron chi connectivity index (χ1n) is 8.67. The number of hydrogen-bond donors (Lipinski definition) is 2. The van der Waals surface area contributed by atoms with Crippen LogP contribution < -0.4 is 15.5 Å². The summed E-state index contributed by atoms with van der Waals surface area (Å²) in [6.45, 7) is 1.65. The van der Waals surface area contributed by atoms with E-state index in [1.165, 1.54) is 0 Å². The van der Waals surface area contributed by atoms with Crippen molar-refractivity contribution in [3.8, 4) is 0 Å². The fraction of sp³-hybridized carbons (Fsp3) is 0.412. The predicted octanol–water partition coefficient (Wildman–Crippen LogP) is -0.310. The lowest BCUT2D eigenvalue weighted by atomic mass is 10.1. The summed E-state index contributed by atoms with van der Waals surface area (Å²) in [6, 6.07) is 5.19. The molecule has 3 saturated heterocycles. The van der Waals surface area contributed by atoms with E-state index in [0.717, 1.165) is 35.2 Å². The highest BCUT2D eigenvalue weighted by Gasteiger charge is 2.47. The van der Waals surface area contributed by atoms with Crippen LogP contribution in [0.3, 0.4) is 0 Å². The SMILES string of the molecule is O=C1CCN(N2C(=O)c3cccc(N4C[C@@H]5C[C@H]4CN5)c3C2=O)C(=O)N1. The smallest absolute Gasteiger partial charge is 0.343 e. The van der Waals surface area contributed by atoms with Crippen molar-refractivity contribution < 1.29 is 19.2 Å². The Morgan fingerprint density at radius 3 is 2.62 bits per heavy atom. The summed E-state index contributed by atoms with van der Waals surface area (Å²) in [5.41, 5.74) is 1.38. The van der Waals surface area contributed by atoms with Crippen LogP contribution in [0.1, 0.15) is 33.6 Å². The maximum Gasteiger partial charge on any atom is 0.343 e. The lowest BCUT2D eigenvalue weighted by Crippen LogP contribution is -2.58. The first kappa shape index (κ1) is 15.3. The number of nitrogens with one attached hydrogen (secondary N) is 2. The van der Waals surface area contributed by atoms with Crippen LogP contribution in [0.25, 0.3) is 0 Å². The molecule has 0 aliphatic carbocycles. The van der Waals surface area contributed by atoms with E-state index in [2.05, 4.69) is 15.5 Å². The second-order valence-electron chi connectivity index (χ2n) is 7.00. The Bertz CT molecular complexity index is 869. The molecule has 0 radical (unpaired) electrons. The van der Waals surface area contributed by atoms with Crippen molar-refractivity contribution in [1.29, 1.82) is 0 Å². The zero-order valence-corrected chi connectivity index (χ0v) is 13.9. The number of rotatable bonds is 2. The summed E-state index contributed by atoms with van der Waals surface area (Å²) in [4.78, 5) is 51.5. The molecule has 0 saturated carbocycles. The molecule has 0 unspecified atom stereocenters. The third-order valence-corrected chi connectivity index (χ3v) is 5.51. The number of benzene rings is 1. The van der Waals surface area contributed by atoms with Crippen LogP contribution in [-0.2, 0) is 4.79 Å². The number of anilines is 1. The summed E-state index contributed by atoms with van der Waals surface area (Å²) in [6.07, 6.45) is 1.07. The van der Waals surface area contributed by atoms with Crippen LogP contribution in [-0.4, -0.2) is 65.5 Å². The topological polar surface area (TPSA) is 102 Å². The Morgan fingerprint density at radius 1 is 1.08 bits per heavy atom. The number of nitrogens with zero attached hydrogens (tertiary/aromatic N) is 3. The highest BCUT2D eigenvalue weighted by molar-refractivity contribution is 6.24. The van der Waals surface area contributed by atoms with Crippen molar-refractivity contribution in [2.24, 2.45) is 0 Å². The van der Waals surface area contributed by atoms with E-state index in [0.29, 0.717) is 23.2 Å². The Balaban J connectivity index is 1.52. The van der Waals surface area contributed by atoms with Gasteiger partial charge in [0.2, 0.25) is 5.91 Å². The van der Waals surface area contributed by atoms with Crippen LogP contribution >= 0.6 is 0 Å². The van der Waals surface area contributed by atoms with E-state index in [1.54, 1.807) is 12.1 Å². The second kappa shape index (κ2) is 5.28. The number of imide groups is 2. The molecule has 0 aromatic heterocycles. The Morgan fingerprint density at radius 2 is 1.92 bits per heavy atom. The summed E-state index contributed by atoms with van der Waals surface area (Å²) < 4.78 is 0. The summed E-state index contributed by atoms with van der Waals surface area (Å²) in [7, 11) is 0. The first-order chi connectivity index (χ1) is 12.5. The zero-order valence-electron chi connectivity index (χ0n) is 13.9. The van der Waals surface area contributed by atoms with Gasteiger partial charge in [-0.3, -0.25) is 19.7 Å². The molecule has 1 aromatic carbocycles. The molecular weight excluding hydrogens is 338 g/mol. The van der Waals surface area contributed by atoms with Gasteiger partial charge in [0.1, 0.15) is 0 Å². The minimum Gasteiger partial charge on any atom is -0.365 e. The molecule has 5 amide bonds. The molecule has 2 atom stereocenters. The molecule has 134 valence electrons. The Kier molecular flexibility index (Phi) is 3.11. The van der Waals surface area contributed by atoms with Gasteiger partial charge in [-0.05, 0) is 18.6 Å². The quantitative estimate of drug-likeness (QED) is 0.706. The largest absolute Gasteiger partial charge is 0.365 e. The van der Waals surface area contributed by atoms with Gasteiger partial charge >= 0.3 is 6.03 Å². The van der Waals surface area contributed by atoms with Gasteiger partial charge in [-0.1, -0.05) is 6.07 Å². The van der Waals surface area contributed by atoms with Gasteiger partial charge in [0.05, 0.1) is 23.4 Å². The molecule has 4 aliphatic rings. The number of amides is 5. The highest BCUT2D eigenvalue weighted by atomic mass is 16.2. The fourth-order valence-corrected chi connectivity index (χ4v) is 4.32. The van der Waals surface area contributed by atoms with Crippen molar-refractivity contribution in [2.45, 2.75) is 24.9 Å². The molecule has 4 heterocycles. The number of urea groups is 1. The van der Waals surface area contributed by atoms with Crippen LogP contribution in [0.5, 0.6) is 0 Å². The van der Waals surface area contributed by atoms with Crippen LogP contribution in [0.15, 0.2) is 18.2 Å². The van der Waals surface area contributed by atoms with Gasteiger partial charge in [0, 0.05) is 31.6 Å². The highest BCUT2D eigenvalue weighted by Crippen LogP contribution is 2.37. The standard InChI is InChI=1S/C17H17N5O4/c23-13-4-5-21(17(26)19-13)22-15(24)11-2-1-3-12(14(11)16(22)25)20-8-9-6-10(20)7-18-9/h1-3,9-10,18H,4-8H2,(H,19,23,26)/t9-,10-/m0/s1. The fourth-order valence-electron chi connectivity index (χ4n) is 4.32. The Labute approximate surface area is 148 Å². The van der Waals surface area contributed by atoms with Crippen molar-refractivity contribution >= 4 is 29.4 Å². The molecule has 9 nitrogen and oxygen atoms in total. The molecule has 4 aliphatic heterocycles. The van der Waals surface area contributed by atoms with Crippen LogP contribution in [0, 0.1) is 0 Å². The average Bonchev–Trinajstić information content (AvgIpc) is 3.31. The number of fused-ring (bicyclic) bond motifs is 3. The Hall–Kier alpha value is -2.94. The van der Waals surface area contributed by atoms with Crippen LogP contribution in [0.4, 0.5) is 10.5 Å². The maximum atomic E-state index is 13.1. The van der Waals surface area contributed by atoms with E-state index < -0.39 is 23.8 Å². The molecule has 1 aromatic rings. The number of hydrogen-bond acceptors (Lipinski definition) is 6. The van der Waals surface area contributed by atoms with E-state index in [-0.39, 0.29) is 13.0 Å². The average molecular weight is 355 g/mol. The van der Waals surface area contributed by atoms with Gasteiger partial charge in [0.15, 0.2) is 0 Å². The third-order valence-electron chi connectivity index (χ3n) is 5.51. The number of carbonyl (C=O) groups is 4. The van der Waals surface area contributed by atoms with Gasteiger partial charge < -0.3 is 10.2 Å². The molecule has 2 bridgehead atoms. The van der Waals surface area contributed by atoms with Gasteiger partial charge in [-0.15, -0.1) is 0 Å². The van der Waals surface area contributed by atoms with Crippen molar-refractivity contribution in [3.05, 3.63) is 29.3 Å². The van der Waals surface area contributed by atoms with E-state index in [1.807, 2.05) is 6.07 Å². The molecular formula is C17H17N5O4. The number of carbonyl (C=O) groups excluding carboxylic acids is 4. The molecule has 3 fully saturated rings. The molecule has 0 spiro atoms. The van der Waals surface area contributed by atoms with E-state index >= 15 is 0 Å². The summed E-state index contributed by atoms with van der Waals surface area (Å²) in [5.74, 6) is -1.45. The van der Waals surface area contributed by atoms with E-state index in [4.69, 9.17) is 0 Å². The molecule has 9 heteroatoms. The third kappa shape index (κ3) is 2.00. The zero-order chi connectivity index (χ0) is 18.0. The monoisotopic (exact) mass is 355 g/mol. The number of piperazine rings is 1. The van der Waals surface area contributed by atoms with Crippen molar-refractivity contribution in [3.63, 3.8) is 0 Å². The number of hydrazine groups is 1. The van der Waals surface area contributed by atoms with E-state index in [9.17, 15) is 19.2 Å². The molecule has 5 rings (SSSR count). The van der Waals surface area contributed by atoms with Crippen molar-refractivity contribution in [2.75, 3.05) is 24.5 Å². The minimum atomic E-state index is -0.748. The molecule has 26 heavy (non-hydrogen) atoms. The van der Waals surface area contributed by atoms with Gasteiger partial charge in [0.25, 0.3) is 11.8 Å². The van der Waals surface area contributed by atoms with Crippen molar-refractivity contribution in [1.82, 2.24) is 20.7 Å². The lowest BCUT2D eigenvalue weighted by molar-refractivity contribution is -0.122. The van der Waals surface area contributed by atoms with Gasteiger partial charge in [-0.2, -0.15) is 5.01 Å². The molecule has 2 N–H and O–H groups in total. The summed E-state index contributed by atoms with van der Waals surface area (Å²) >= 11 is 0. The first-order valence-corrected chi connectivity index (χ1v) is 8.67.